The second kappa shape index (κ2) is 7.47. The lowest BCUT2D eigenvalue weighted by molar-refractivity contribution is -0.116. The van der Waals surface area contributed by atoms with E-state index in [0.717, 1.165) is 11.4 Å². The first-order valence-electron chi connectivity index (χ1n) is 6.92. The molecule has 1 heterocycles. The van der Waals surface area contributed by atoms with E-state index in [9.17, 15) is 4.79 Å². The van der Waals surface area contributed by atoms with Gasteiger partial charge in [-0.05, 0) is 36.2 Å². The fraction of sp³-hybridized carbons (Fsp3) is 0.250. The first-order chi connectivity index (χ1) is 10.4. The molecule has 0 spiro atoms. The molecule has 0 aliphatic carbocycles. The van der Waals surface area contributed by atoms with E-state index in [2.05, 4.69) is 15.6 Å². The van der Waals surface area contributed by atoms with E-state index in [1.165, 1.54) is 0 Å². The zero-order chi connectivity index (χ0) is 16.1. The largest absolute Gasteiger partial charge is 0.353 e. The first-order valence-corrected chi connectivity index (χ1v) is 7.67. The van der Waals surface area contributed by atoms with Gasteiger partial charge in [-0.15, -0.1) is 0 Å². The quantitative estimate of drug-likeness (QED) is 0.796. The summed E-state index contributed by atoms with van der Waals surface area (Å²) in [6.07, 6.45) is 2.11. The first kappa shape index (κ1) is 16.6. The van der Waals surface area contributed by atoms with Crippen LogP contribution in [0.5, 0.6) is 0 Å². The number of pyridine rings is 1. The van der Waals surface area contributed by atoms with Gasteiger partial charge in [0.1, 0.15) is 5.82 Å². The monoisotopic (exact) mass is 337 g/mol. The van der Waals surface area contributed by atoms with Crippen LogP contribution in [0, 0.1) is 5.92 Å². The van der Waals surface area contributed by atoms with Crippen LogP contribution in [0.2, 0.25) is 10.0 Å². The molecule has 1 aromatic carbocycles. The maximum atomic E-state index is 11.7. The highest BCUT2D eigenvalue weighted by Crippen LogP contribution is 2.28. The summed E-state index contributed by atoms with van der Waals surface area (Å²) in [4.78, 5) is 15.9. The number of amides is 1. The maximum absolute atomic E-state index is 11.7. The minimum atomic E-state index is -0.0380. The van der Waals surface area contributed by atoms with Gasteiger partial charge in [0.15, 0.2) is 0 Å². The van der Waals surface area contributed by atoms with Gasteiger partial charge in [-0.2, -0.15) is 0 Å². The van der Waals surface area contributed by atoms with E-state index in [4.69, 9.17) is 23.2 Å². The highest BCUT2D eigenvalue weighted by molar-refractivity contribution is 6.36. The Hall–Kier alpha value is -1.78. The van der Waals surface area contributed by atoms with Crippen LogP contribution >= 0.6 is 23.2 Å². The number of hydrogen-bond acceptors (Lipinski definition) is 3. The molecule has 2 N–H and O–H groups in total. The molecule has 22 heavy (non-hydrogen) atoms. The van der Waals surface area contributed by atoms with Crippen LogP contribution in [-0.4, -0.2) is 10.9 Å². The molecule has 2 rings (SSSR count). The number of nitrogens with one attached hydrogen (secondary N) is 2. The van der Waals surface area contributed by atoms with Crippen molar-refractivity contribution in [1.82, 2.24) is 4.98 Å². The Balaban J connectivity index is 2.01. The molecule has 0 aliphatic heterocycles. The fourth-order valence-corrected chi connectivity index (χ4v) is 2.31. The molecule has 2 aromatic rings. The second-order valence-electron chi connectivity index (χ2n) is 5.33. The molecular formula is C16H17Cl2N3O. The third kappa shape index (κ3) is 4.90. The molecule has 1 aromatic heterocycles. The normalized spacial score (nSPS) is 10.6. The summed E-state index contributed by atoms with van der Waals surface area (Å²) in [5, 5.41) is 7.02. The van der Waals surface area contributed by atoms with Crippen molar-refractivity contribution < 1.29 is 4.79 Å². The number of benzene rings is 1. The minimum absolute atomic E-state index is 0.0380. The number of rotatable bonds is 5. The van der Waals surface area contributed by atoms with E-state index < -0.39 is 0 Å². The summed E-state index contributed by atoms with van der Waals surface area (Å²) in [5.41, 5.74) is 1.51. The third-order valence-electron chi connectivity index (χ3n) is 2.83. The van der Waals surface area contributed by atoms with Gasteiger partial charge in [0.2, 0.25) is 5.91 Å². The van der Waals surface area contributed by atoms with Gasteiger partial charge in [0, 0.05) is 11.4 Å². The van der Waals surface area contributed by atoms with E-state index >= 15 is 0 Å². The third-order valence-corrected chi connectivity index (χ3v) is 3.38. The van der Waals surface area contributed by atoms with Crippen LogP contribution < -0.4 is 10.6 Å². The van der Waals surface area contributed by atoms with Gasteiger partial charge in [-0.1, -0.05) is 37.0 Å². The molecule has 0 saturated carbocycles. The smallest absolute Gasteiger partial charge is 0.225 e. The van der Waals surface area contributed by atoms with E-state index in [1.54, 1.807) is 30.5 Å². The van der Waals surface area contributed by atoms with Crippen molar-refractivity contribution in [3.8, 4) is 0 Å². The van der Waals surface area contributed by atoms with Crippen molar-refractivity contribution in [2.24, 2.45) is 5.92 Å². The highest BCUT2D eigenvalue weighted by atomic mass is 35.5. The Kier molecular flexibility index (Phi) is 5.63. The molecular weight excluding hydrogens is 321 g/mol. The van der Waals surface area contributed by atoms with Crippen LogP contribution in [0.4, 0.5) is 17.2 Å². The minimum Gasteiger partial charge on any atom is -0.353 e. The van der Waals surface area contributed by atoms with Gasteiger partial charge in [-0.25, -0.2) is 4.98 Å². The molecule has 4 nitrogen and oxygen atoms in total. The van der Waals surface area contributed by atoms with Gasteiger partial charge < -0.3 is 10.6 Å². The number of carbonyl (C=O) groups is 1. The van der Waals surface area contributed by atoms with Crippen LogP contribution in [0.1, 0.15) is 20.3 Å². The highest BCUT2D eigenvalue weighted by Gasteiger charge is 2.06. The van der Waals surface area contributed by atoms with Crippen molar-refractivity contribution in [3.63, 3.8) is 0 Å². The number of hydrogen-bond donors (Lipinski definition) is 2. The summed E-state index contributed by atoms with van der Waals surface area (Å²) in [6, 6.07) is 8.78. The average molecular weight is 338 g/mol. The maximum Gasteiger partial charge on any atom is 0.225 e. The lowest BCUT2D eigenvalue weighted by atomic mass is 10.1. The Morgan fingerprint density at radius 1 is 1.23 bits per heavy atom. The summed E-state index contributed by atoms with van der Waals surface area (Å²) < 4.78 is 0. The van der Waals surface area contributed by atoms with Crippen LogP contribution in [0.3, 0.4) is 0 Å². The SMILES string of the molecule is CC(C)CC(=O)Nc1ccc(Nc2ccc(Cl)cc2Cl)cn1. The molecule has 0 atom stereocenters. The zero-order valence-corrected chi connectivity index (χ0v) is 13.9. The number of halogens is 2. The molecule has 0 saturated heterocycles. The fourth-order valence-electron chi connectivity index (χ4n) is 1.85. The average Bonchev–Trinajstić information content (AvgIpc) is 2.43. The lowest BCUT2D eigenvalue weighted by Crippen LogP contribution is -2.14. The van der Waals surface area contributed by atoms with Gasteiger partial charge in [0.05, 0.1) is 22.6 Å². The molecule has 0 unspecified atom stereocenters. The topological polar surface area (TPSA) is 54.0 Å². The van der Waals surface area contributed by atoms with E-state index in [0.29, 0.717) is 28.2 Å². The standard InChI is InChI=1S/C16H17Cl2N3O/c1-10(2)7-16(22)21-15-6-4-12(9-19-15)20-14-5-3-11(17)8-13(14)18/h3-6,8-10,20H,7H2,1-2H3,(H,19,21,22). The molecule has 1 amide bonds. The van der Waals surface area contributed by atoms with Crippen molar-refractivity contribution in [3.05, 3.63) is 46.6 Å². The van der Waals surface area contributed by atoms with Crippen LogP contribution in [0.15, 0.2) is 36.5 Å². The van der Waals surface area contributed by atoms with Crippen LogP contribution in [-0.2, 0) is 4.79 Å². The molecule has 0 radical (unpaired) electrons. The summed E-state index contributed by atoms with van der Waals surface area (Å²) in [6.45, 7) is 3.99. The van der Waals surface area contributed by atoms with Crippen molar-refractivity contribution in [1.29, 1.82) is 0 Å². The Bertz CT molecular complexity index is 657. The lowest BCUT2D eigenvalue weighted by Gasteiger charge is -2.10. The summed E-state index contributed by atoms with van der Waals surface area (Å²) >= 11 is 12.0. The van der Waals surface area contributed by atoms with Crippen LogP contribution in [0.25, 0.3) is 0 Å². The number of carbonyl (C=O) groups excluding carboxylic acids is 1. The Morgan fingerprint density at radius 3 is 2.59 bits per heavy atom. The Morgan fingerprint density at radius 2 is 2.00 bits per heavy atom. The van der Waals surface area contributed by atoms with Gasteiger partial charge in [0.25, 0.3) is 0 Å². The number of aromatic nitrogens is 1. The molecule has 0 aliphatic rings. The van der Waals surface area contributed by atoms with Gasteiger partial charge in [-0.3, -0.25) is 4.79 Å². The molecule has 116 valence electrons. The predicted molar refractivity (Wildman–Crippen MR) is 92.1 cm³/mol. The number of anilines is 3. The molecule has 6 heteroatoms. The van der Waals surface area contributed by atoms with Gasteiger partial charge >= 0.3 is 0 Å². The summed E-state index contributed by atoms with van der Waals surface area (Å²) in [5.74, 6) is 0.801. The second-order valence-corrected chi connectivity index (χ2v) is 6.17. The predicted octanol–water partition coefficient (Wildman–Crippen LogP) is 5.12. The molecule has 0 bridgehead atoms. The molecule has 0 fully saturated rings. The number of nitrogens with zero attached hydrogens (tertiary/aromatic N) is 1. The van der Waals surface area contributed by atoms with Crippen molar-refractivity contribution in [2.75, 3.05) is 10.6 Å². The van der Waals surface area contributed by atoms with Crippen molar-refractivity contribution >= 4 is 46.3 Å². The Labute approximate surface area is 139 Å². The van der Waals surface area contributed by atoms with E-state index in [1.807, 2.05) is 19.9 Å². The summed E-state index contributed by atoms with van der Waals surface area (Å²) in [7, 11) is 0. The van der Waals surface area contributed by atoms with E-state index in [-0.39, 0.29) is 5.91 Å². The van der Waals surface area contributed by atoms with Crippen molar-refractivity contribution in [2.45, 2.75) is 20.3 Å². The zero-order valence-electron chi connectivity index (χ0n) is 12.4.